The van der Waals surface area contributed by atoms with Gasteiger partial charge in [0.1, 0.15) is 128 Å². The summed E-state index contributed by atoms with van der Waals surface area (Å²) in [5, 5.41) is 349. The SMILES string of the molecule is O=C(O)[C@H](O)[C@@H](O)[C@H](O)[C@H](O)CO.O=C(O)[C@H](O)[C@@H](O)[C@H](O)[C@H](O)CO.O=C(O)[C@H](O)[C@@H](O)[C@H](O)[C@H](O)CO.O=C(O)[C@H](O)[C@@H](O)[C@H](O)[C@H](O)CO.O=C(OB(OC(=O)[C@H](O)[C@@H](O)[C@H](O)[C@H](O)CO)OC(=O)[C@H](O)[C@@H](O)[C@H](O)[C@H](O)CO)[C@H](O)[C@@H](O)[C@H](O)[C@H](O)CO.[W]. The fourth-order valence-corrected chi connectivity index (χ4v) is 5.23. The molecule has 0 heterocycles. The number of aliphatic carboxylic acids is 4. The van der Waals surface area contributed by atoms with Crippen LogP contribution in [0.2, 0.25) is 0 Å². The first-order chi connectivity index (χ1) is 42.1. The van der Waals surface area contributed by atoms with E-state index in [-0.39, 0.29) is 21.1 Å². The van der Waals surface area contributed by atoms with Gasteiger partial charge in [-0.1, -0.05) is 0 Å². The molecule has 0 spiro atoms. The van der Waals surface area contributed by atoms with Gasteiger partial charge in [0.2, 0.25) is 0 Å². The number of hydrogen-bond acceptors (Lipinski definition) is 45. The number of carboxylic acid groups (broad SMARTS) is 4. The van der Waals surface area contributed by atoms with E-state index >= 15 is 0 Å². The molecule has 0 fully saturated rings. The van der Waals surface area contributed by atoms with E-state index in [1.54, 1.807) is 0 Å². The third-order valence-electron chi connectivity index (χ3n) is 11.2. The minimum Gasteiger partial charge on any atom is -0.479 e. The minimum absolute atomic E-state index is 0. The summed E-state index contributed by atoms with van der Waals surface area (Å²) in [6, 6.07) is 0. The van der Waals surface area contributed by atoms with E-state index < -0.39 is 266 Å². The van der Waals surface area contributed by atoms with Crippen molar-refractivity contribution in [3.63, 3.8) is 0 Å². The van der Waals surface area contributed by atoms with Gasteiger partial charge in [-0.25, -0.2) is 19.2 Å². The molecule has 0 unspecified atom stereocenters. The summed E-state index contributed by atoms with van der Waals surface area (Å²) in [6.45, 7) is -6.85. The van der Waals surface area contributed by atoms with E-state index in [0.717, 1.165) is 0 Å². The number of hydrogen-bond donors (Lipinski definition) is 39. The Morgan fingerprint density at radius 3 is 0.419 bits per heavy atom. The number of carbonyl (C=O) groups is 7. The first kappa shape index (κ1) is 99.7. The number of aliphatic hydroxyl groups excluding tert-OH is 35. The van der Waals surface area contributed by atoms with Crippen LogP contribution in [-0.2, 0) is 68.6 Å². The van der Waals surface area contributed by atoms with Crippen LogP contribution in [0.5, 0.6) is 0 Å². The monoisotopic (exact) mass is 1560 g/mol. The second-order valence-electron chi connectivity index (χ2n) is 18.2. The zero-order chi connectivity index (χ0) is 73.9. The normalized spacial score (nSPS) is 20.3. The Bertz CT molecular complexity index is 1810. The summed E-state index contributed by atoms with van der Waals surface area (Å²) in [7, 11) is -3.10. The van der Waals surface area contributed by atoms with Crippen LogP contribution in [0.4, 0.5) is 0 Å². The van der Waals surface area contributed by atoms with E-state index in [1.165, 1.54) is 0 Å². The van der Waals surface area contributed by atoms with Crippen LogP contribution in [0.25, 0.3) is 0 Å². The summed E-state index contributed by atoms with van der Waals surface area (Å²) in [5.74, 6) is -13.2. The summed E-state index contributed by atoms with van der Waals surface area (Å²) >= 11 is 0. The van der Waals surface area contributed by atoms with Gasteiger partial charge in [-0.2, -0.15) is 0 Å². The van der Waals surface area contributed by atoms with Gasteiger partial charge in [-0.05, 0) is 0 Å². The molecule has 0 saturated carbocycles. The van der Waals surface area contributed by atoms with Gasteiger partial charge in [0.05, 0.1) is 46.2 Å². The standard InChI is InChI=1S/C18H33BO21.4C6H12O7.W/c20-1-4(23)7(26)10(29)13(32)16(35)38-19(39-17(36)14(33)11(30)8(27)5(24)2-21)40-18(37)15(34)12(31)9(28)6(25)3-22;4*7-1-2(8)3(9)4(10)5(11)6(12)13;/h4-15,20-34H,1-3H2;4*2-5,7-11H,1H2,(H,12,13);/t4-,5-,6-,7-,8-,9-,10+,11+,12+,13-,14-,15-;4*2-,3-,4+,5-;/m11111./s1. The Morgan fingerprint density at radius 1 is 0.215 bits per heavy atom. The smallest absolute Gasteiger partial charge is 0.479 e. The van der Waals surface area contributed by atoms with Crippen LogP contribution in [0, 0.1) is 0 Å². The van der Waals surface area contributed by atoms with Gasteiger partial charge in [0.15, 0.2) is 42.7 Å². The fraction of sp³-hybridized carbons (Fsp3) is 0.833. The molecule has 93 heavy (non-hydrogen) atoms. The second-order valence-corrected chi connectivity index (χ2v) is 18.2. The average molecular weight is 1560 g/mol. The Morgan fingerprint density at radius 2 is 0.323 bits per heavy atom. The third-order valence-corrected chi connectivity index (χ3v) is 11.2. The van der Waals surface area contributed by atoms with Crippen LogP contribution < -0.4 is 0 Å². The van der Waals surface area contributed by atoms with E-state index in [9.17, 15) is 94.8 Å². The van der Waals surface area contributed by atoms with Gasteiger partial charge in [0, 0.05) is 21.1 Å². The average Bonchev–Trinajstić information content (AvgIpc) is 2.30. The maximum atomic E-state index is 12.2. The van der Waals surface area contributed by atoms with Gasteiger partial charge in [0.25, 0.3) is 0 Å². The minimum atomic E-state index is -3.10. The van der Waals surface area contributed by atoms with Crippen molar-refractivity contribution < 1.29 is 268 Å². The van der Waals surface area contributed by atoms with Crippen LogP contribution in [0.3, 0.4) is 0 Å². The Kier molecular flexibility index (Phi) is 54.6. The van der Waals surface area contributed by atoms with Crippen LogP contribution in [0.15, 0.2) is 0 Å². The Hall–Kier alpha value is -4.36. The van der Waals surface area contributed by atoms with Crippen molar-refractivity contribution in [1.82, 2.24) is 0 Å². The van der Waals surface area contributed by atoms with Crippen molar-refractivity contribution in [3.05, 3.63) is 0 Å². The summed E-state index contributed by atoms with van der Waals surface area (Å²) < 4.78 is 12.8. The summed E-state index contributed by atoms with van der Waals surface area (Å²) in [6.07, 6.45) is -61.1. The molecule has 39 N–H and O–H groups in total. The van der Waals surface area contributed by atoms with Crippen molar-refractivity contribution in [2.45, 2.75) is 171 Å². The number of aliphatic hydroxyl groups is 35. The quantitative estimate of drug-likeness (QED) is 0.0255. The van der Waals surface area contributed by atoms with Gasteiger partial charge in [-0.15, -0.1) is 0 Å². The van der Waals surface area contributed by atoms with Crippen molar-refractivity contribution in [1.29, 1.82) is 0 Å². The molecular weight excluding hydrogens is 1480 g/mol. The maximum Gasteiger partial charge on any atom is 0.870 e. The first-order valence-electron chi connectivity index (χ1n) is 25.0. The zero-order valence-electron chi connectivity index (χ0n) is 47.1. The molecule has 51 heteroatoms. The van der Waals surface area contributed by atoms with Gasteiger partial charge in [-0.3, -0.25) is 14.4 Å². The van der Waals surface area contributed by atoms with E-state index in [1.807, 2.05) is 0 Å². The predicted octanol–water partition coefficient (Wildman–Crippen LogP) is -25.1. The Labute approximate surface area is 532 Å². The molecule has 0 aliphatic heterocycles. The molecule has 0 saturated heterocycles. The van der Waals surface area contributed by atoms with E-state index in [0.29, 0.717) is 0 Å². The molecule has 0 aliphatic carbocycles. The van der Waals surface area contributed by atoms with Crippen LogP contribution in [-0.4, -0.2) is 465 Å². The molecule has 0 aromatic carbocycles. The molecule has 0 aromatic rings. The third kappa shape index (κ3) is 36.0. The number of carbonyl (C=O) groups excluding carboxylic acids is 3. The number of rotatable bonds is 38. The van der Waals surface area contributed by atoms with Gasteiger partial charge < -0.3 is 213 Å². The largest absolute Gasteiger partial charge is 0.870 e. The second kappa shape index (κ2) is 50.9. The van der Waals surface area contributed by atoms with Crippen LogP contribution in [0.1, 0.15) is 0 Å². The molecule has 49 nitrogen and oxygen atoms in total. The molecule has 0 amide bonds. The van der Waals surface area contributed by atoms with E-state index in [2.05, 4.69) is 14.0 Å². The van der Waals surface area contributed by atoms with Gasteiger partial charge >= 0.3 is 49.1 Å². The van der Waals surface area contributed by atoms with Crippen molar-refractivity contribution >= 4 is 49.1 Å². The van der Waals surface area contributed by atoms with Crippen molar-refractivity contribution in [2.75, 3.05) is 46.2 Å². The molecule has 28 atom stereocenters. The van der Waals surface area contributed by atoms with Crippen molar-refractivity contribution in [3.8, 4) is 0 Å². The van der Waals surface area contributed by atoms with Crippen LogP contribution >= 0.6 is 0 Å². The molecular formula is C42H81BO49W. The summed E-state index contributed by atoms with van der Waals surface area (Å²) in [4.78, 5) is 76.8. The van der Waals surface area contributed by atoms with E-state index in [4.69, 9.17) is 138 Å². The molecule has 0 rings (SSSR count). The number of carboxylic acids is 4. The molecule has 0 radical (unpaired) electrons. The first-order valence-corrected chi connectivity index (χ1v) is 25.0. The Balaban J connectivity index is -0.000000291. The molecule has 552 valence electrons. The fourth-order valence-electron chi connectivity index (χ4n) is 5.23. The zero-order valence-corrected chi connectivity index (χ0v) is 50.1. The topological polar surface area (TPSA) is 936 Å². The summed E-state index contributed by atoms with van der Waals surface area (Å²) in [5.41, 5.74) is 0. The predicted molar refractivity (Wildman–Crippen MR) is 272 cm³/mol. The molecule has 0 aliphatic rings. The van der Waals surface area contributed by atoms with Crippen molar-refractivity contribution in [2.24, 2.45) is 0 Å². The molecule has 0 bridgehead atoms. The maximum absolute atomic E-state index is 12.2. The molecule has 0 aromatic heterocycles.